The van der Waals surface area contributed by atoms with E-state index in [0.29, 0.717) is 22.9 Å². The minimum atomic E-state index is -0.303. The normalized spacial score (nSPS) is 11.7. The molecule has 1 amide bonds. The van der Waals surface area contributed by atoms with E-state index in [0.717, 1.165) is 32.1 Å². The molecule has 2 aromatic carbocycles. The summed E-state index contributed by atoms with van der Waals surface area (Å²) in [5.41, 5.74) is 4.24. The highest BCUT2D eigenvalue weighted by Crippen LogP contribution is 2.37. The first kappa shape index (κ1) is 20.0. The molecule has 7 heteroatoms. The molecule has 0 unspecified atom stereocenters. The third-order valence-corrected chi connectivity index (χ3v) is 5.18. The number of nitrogens with one attached hydrogen (secondary N) is 1. The molecule has 0 spiro atoms. The molecule has 1 N–H and O–H groups in total. The molecule has 0 fully saturated rings. The van der Waals surface area contributed by atoms with Crippen molar-refractivity contribution in [2.75, 3.05) is 12.4 Å². The van der Waals surface area contributed by atoms with E-state index in [1.807, 2.05) is 43.3 Å². The lowest BCUT2D eigenvalue weighted by Gasteiger charge is -2.10. The van der Waals surface area contributed by atoms with Gasteiger partial charge in [-0.3, -0.25) is 4.79 Å². The van der Waals surface area contributed by atoms with Crippen LogP contribution in [0, 0.1) is 6.92 Å². The summed E-state index contributed by atoms with van der Waals surface area (Å²) in [5, 5.41) is 7.40. The van der Waals surface area contributed by atoms with Crippen LogP contribution in [0.25, 0.3) is 27.7 Å². The lowest BCUT2D eigenvalue weighted by Crippen LogP contribution is -2.08. The fourth-order valence-electron chi connectivity index (χ4n) is 3.27. The molecule has 0 saturated heterocycles. The van der Waals surface area contributed by atoms with Crippen LogP contribution in [0.3, 0.4) is 0 Å². The Morgan fingerprint density at radius 1 is 1.23 bits per heavy atom. The number of ether oxygens (including phenoxy) is 1. The molecule has 0 aliphatic carbocycles. The predicted molar refractivity (Wildman–Crippen MR) is 119 cm³/mol. The number of fused-ring (bicyclic) bond motifs is 1. The number of rotatable bonds is 5. The van der Waals surface area contributed by atoms with E-state index in [9.17, 15) is 4.79 Å². The van der Waals surface area contributed by atoms with Crippen molar-refractivity contribution >= 4 is 44.2 Å². The van der Waals surface area contributed by atoms with Crippen LogP contribution in [-0.4, -0.2) is 18.2 Å². The fraction of sp³-hybridized carbons (Fsp3) is 0.130. The van der Waals surface area contributed by atoms with Gasteiger partial charge in [0.2, 0.25) is 5.91 Å². The first-order valence-corrected chi connectivity index (χ1v) is 10.0. The summed E-state index contributed by atoms with van der Waals surface area (Å²) < 4.78 is 17.3. The molecule has 0 bridgehead atoms. The summed E-state index contributed by atoms with van der Waals surface area (Å²) in [6.45, 7) is 3.62. The Hall–Kier alpha value is -3.32. The average Bonchev–Trinajstić information content (AvgIpc) is 3.32. The first-order chi connectivity index (χ1) is 14.4. The number of furan rings is 1. The van der Waals surface area contributed by atoms with Gasteiger partial charge in [-0.2, -0.15) is 0 Å². The minimum Gasteiger partial charge on any atom is -0.496 e. The number of nitrogens with zero attached hydrogens (tertiary/aromatic N) is 1. The van der Waals surface area contributed by atoms with Gasteiger partial charge in [0.1, 0.15) is 17.1 Å². The lowest BCUT2D eigenvalue weighted by atomic mass is 9.99. The Balaban J connectivity index is 1.73. The van der Waals surface area contributed by atoms with Gasteiger partial charge in [-0.25, -0.2) is 0 Å². The van der Waals surface area contributed by atoms with Crippen molar-refractivity contribution in [1.82, 2.24) is 5.16 Å². The van der Waals surface area contributed by atoms with Gasteiger partial charge in [0.05, 0.1) is 13.4 Å². The van der Waals surface area contributed by atoms with E-state index >= 15 is 0 Å². The van der Waals surface area contributed by atoms with Crippen molar-refractivity contribution in [3.8, 4) is 16.9 Å². The van der Waals surface area contributed by atoms with Gasteiger partial charge in [-0.15, -0.1) is 0 Å². The molecule has 4 rings (SSSR count). The van der Waals surface area contributed by atoms with Crippen LogP contribution in [0.2, 0.25) is 0 Å². The summed E-state index contributed by atoms with van der Waals surface area (Å²) in [6.07, 6.45) is 3.24. The third-order valence-electron chi connectivity index (χ3n) is 4.68. The maximum atomic E-state index is 12.4. The minimum absolute atomic E-state index is 0.303. The van der Waals surface area contributed by atoms with Gasteiger partial charge >= 0.3 is 0 Å². The van der Waals surface area contributed by atoms with Crippen molar-refractivity contribution in [1.29, 1.82) is 0 Å². The van der Waals surface area contributed by atoms with Gasteiger partial charge in [0.25, 0.3) is 0 Å². The summed E-state index contributed by atoms with van der Waals surface area (Å²) >= 11 is 3.51. The number of methoxy groups -OCH3 is 1. The number of aromatic nitrogens is 1. The van der Waals surface area contributed by atoms with Crippen molar-refractivity contribution in [2.24, 2.45) is 0 Å². The van der Waals surface area contributed by atoms with Crippen LogP contribution in [0.4, 0.5) is 5.82 Å². The van der Waals surface area contributed by atoms with Gasteiger partial charge in [-0.05, 0) is 43.2 Å². The Morgan fingerprint density at radius 3 is 2.77 bits per heavy atom. The monoisotopic (exact) mass is 466 g/mol. The quantitative estimate of drug-likeness (QED) is 0.353. The van der Waals surface area contributed by atoms with E-state index in [4.69, 9.17) is 13.7 Å². The van der Waals surface area contributed by atoms with Gasteiger partial charge in [0, 0.05) is 39.2 Å². The predicted octanol–water partition coefficient (Wildman–Crippen LogP) is 6.21. The molecule has 2 heterocycles. The molecule has 30 heavy (non-hydrogen) atoms. The number of carbonyl (C=O) groups excluding carboxylic acids is 1. The number of halogens is 1. The number of hydrogen-bond acceptors (Lipinski definition) is 5. The first-order valence-electron chi connectivity index (χ1n) is 9.23. The zero-order valence-corrected chi connectivity index (χ0v) is 18.2. The molecular weight excluding hydrogens is 448 g/mol. The summed E-state index contributed by atoms with van der Waals surface area (Å²) in [4.78, 5) is 12.4. The van der Waals surface area contributed by atoms with Crippen LogP contribution < -0.4 is 10.1 Å². The highest BCUT2D eigenvalue weighted by molar-refractivity contribution is 9.10. The maximum Gasteiger partial charge on any atom is 0.249 e. The molecule has 152 valence electrons. The highest BCUT2D eigenvalue weighted by Gasteiger charge is 2.15. The zero-order chi connectivity index (χ0) is 21.3. The van der Waals surface area contributed by atoms with Crippen LogP contribution >= 0.6 is 15.9 Å². The van der Waals surface area contributed by atoms with Crippen molar-refractivity contribution in [2.45, 2.75) is 13.8 Å². The number of benzene rings is 2. The van der Waals surface area contributed by atoms with E-state index in [1.54, 1.807) is 26.4 Å². The fourth-order valence-corrected chi connectivity index (χ4v) is 3.67. The second kappa shape index (κ2) is 8.20. The number of carbonyl (C=O) groups is 1. The van der Waals surface area contributed by atoms with E-state index in [1.165, 1.54) is 6.08 Å². The third kappa shape index (κ3) is 4.02. The molecule has 0 aliphatic heterocycles. The van der Waals surface area contributed by atoms with E-state index in [-0.39, 0.29) is 5.91 Å². The van der Waals surface area contributed by atoms with Gasteiger partial charge in [-0.1, -0.05) is 33.2 Å². The molecule has 6 nitrogen and oxygen atoms in total. The molecule has 0 aliphatic rings. The Morgan fingerprint density at radius 2 is 2.07 bits per heavy atom. The average molecular weight is 467 g/mol. The van der Waals surface area contributed by atoms with Gasteiger partial charge in [0.15, 0.2) is 5.82 Å². The van der Waals surface area contributed by atoms with Crippen LogP contribution in [0.15, 0.2) is 68.2 Å². The number of amides is 1. The van der Waals surface area contributed by atoms with Crippen LogP contribution in [0.5, 0.6) is 5.75 Å². The standard InChI is InChI=1S/C23H19BrN2O4/c1-13(7-23(27)25-22-8-14(2)30-26-22)17-10-18-19(15-5-4-6-16(24)9-15)12-29-21(18)11-20(17)28-3/h4-12H,1-3H3,(H,25,26,27)/b13-7+. The second-order valence-electron chi connectivity index (χ2n) is 6.85. The van der Waals surface area contributed by atoms with Crippen LogP contribution in [-0.2, 0) is 4.79 Å². The van der Waals surface area contributed by atoms with Crippen molar-refractivity contribution < 1.29 is 18.5 Å². The zero-order valence-electron chi connectivity index (χ0n) is 16.7. The molecule has 2 aromatic heterocycles. The molecular formula is C23H19BrN2O4. The van der Waals surface area contributed by atoms with Crippen molar-refractivity contribution in [3.05, 3.63) is 70.6 Å². The lowest BCUT2D eigenvalue weighted by molar-refractivity contribution is -0.111. The second-order valence-corrected chi connectivity index (χ2v) is 7.76. The molecule has 4 aromatic rings. The summed E-state index contributed by atoms with van der Waals surface area (Å²) in [5.74, 6) is 1.31. The number of anilines is 1. The molecule has 0 radical (unpaired) electrons. The maximum absolute atomic E-state index is 12.4. The summed E-state index contributed by atoms with van der Waals surface area (Å²) in [7, 11) is 1.59. The molecule has 0 saturated carbocycles. The Kier molecular flexibility index (Phi) is 5.46. The van der Waals surface area contributed by atoms with E-state index in [2.05, 4.69) is 26.4 Å². The van der Waals surface area contributed by atoms with Gasteiger partial charge < -0.3 is 19.0 Å². The number of aryl methyl sites for hydroxylation is 1. The highest BCUT2D eigenvalue weighted by atomic mass is 79.9. The summed E-state index contributed by atoms with van der Waals surface area (Å²) in [6, 6.07) is 13.5. The Bertz CT molecular complexity index is 1270. The molecule has 0 atom stereocenters. The van der Waals surface area contributed by atoms with E-state index < -0.39 is 0 Å². The van der Waals surface area contributed by atoms with Crippen molar-refractivity contribution in [3.63, 3.8) is 0 Å². The van der Waals surface area contributed by atoms with Crippen LogP contribution in [0.1, 0.15) is 18.2 Å². The largest absolute Gasteiger partial charge is 0.496 e. The topological polar surface area (TPSA) is 77.5 Å². The SMILES string of the molecule is COc1cc2occ(-c3cccc(Br)c3)c2cc1/C(C)=C/C(=O)Nc1cc(C)on1. The smallest absolute Gasteiger partial charge is 0.249 e. The number of allylic oxidation sites excluding steroid dienone is 1. The number of hydrogen-bond donors (Lipinski definition) is 1. The Labute approximate surface area is 181 Å².